The molecule has 0 heterocycles. The van der Waals surface area contributed by atoms with Gasteiger partial charge in [-0.25, -0.2) is 0 Å². The fraction of sp³-hybridized carbons (Fsp3) is 1.00. The molecule has 0 saturated heterocycles. The second kappa shape index (κ2) is 14.1. The fourth-order valence-electron chi connectivity index (χ4n) is 3.52. The minimum absolute atomic E-state index is 0. The van der Waals surface area contributed by atoms with Gasteiger partial charge in [-0.2, -0.15) is 0 Å². The topological polar surface area (TPSA) is 28.2 Å². The molecule has 0 aliphatic heterocycles. The van der Waals surface area contributed by atoms with Gasteiger partial charge < -0.3 is 10.6 Å². The summed E-state index contributed by atoms with van der Waals surface area (Å²) in [5.41, 5.74) is 0.365. The van der Waals surface area contributed by atoms with Crippen LogP contribution in [-0.4, -0.2) is 23.2 Å². The summed E-state index contributed by atoms with van der Waals surface area (Å²) in [6.45, 7) is 13.2. The van der Waals surface area contributed by atoms with E-state index in [2.05, 4.69) is 41.5 Å². The van der Waals surface area contributed by atoms with E-state index >= 15 is 0 Å². The maximum Gasteiger partial charge on any atom is 0 e. The molecule has 0 aromatic heterocycles. The molecule has 0 aromatic carbocycles. The molecule has 0 radical (unpaired) electrons. The molecule has 2 saturated carbocycles. The standard InChI is InChI=1S/2C10H20N.HI.Nd/c2*1-10(2,3)11-9-7-5-4-6-8-9;;/h2*9H,4-8H2,1-3H3;1H;/q2*-1;;. The van der Waals surface area contributed by atoms with E-state index in [4.69, 9.17) is 10.6 Å². The molecule has 144 valence electrons. The first-order valence-corrected chi connectivity index (χ1v) is 9.60. The summed E-state index contributed by atoms with van der Waals surface area (Å²) in [5, 5.41) is 9.54. The molecule has 24 heavy (non-hydrogen) atoms. The van der Waals surface area contributed by atoms with Crippen LogP contribution < -0.4 is 0 Å². The van der Waals surface area contributed by atoms with Crippen molar-refractivity contribution in [3.05, 3.63) is 10.6 Å². The van der Waals surface area contributed by atoms with Gasteiger partial charge in [0.15, 0.2) is 0 Å². The molecule has 2 nitrogen and oxygen atoms in total. The van der Waals surface area contributed by atoms with Crippen molar-refractivity contribution < 1.29 is 40.8 Å². The van der Waals surface area contributed by atoms with E-state index in [1.807, 2.05) is 0 Å². The second-order valence-electron chi connectivity index (χ2n) is 9.18. The summed E-state index contributed by atoms with van der Waals surface area (Å²) in [7, 11) is 0. The van der Waals surface area contributed by atoms with Gasteiger partial charge in [0.1, 0.15) is 0 Å². The Kier molecular flexibility index (Phi) is 16.5. The first kappa shape index (κ1) is 28.2. The molecule has 0 bridgehead atoms. The van der Waals surface area contributed by atoms with Crippen LogP contribution in [0.15, 0.2) is 0 Å². The van der Waals surface area contributed by atoms with Crippen LogP contribution in [0, 0.1) is 40.8 Å². The number of halogens is 1. The molecule has 2 aliphatic rings. The van der Waals surface area contributed by atoms with Crippen molar-refractivity contribution in [2.75, 3.05) is 0 Å². The summed E-state index contributed by atoms with van der Waals surface area (Å²) in [6, 6.07) is 1.34. The van der Waals surface area contributed by atoms with Crippen molar-refractivity contribution in [1.29, 1.82) is 0 Å². The quantitative estimate of drug-likeness (QED) is 0.301. The molecule has 4 heteroatoms. The zero-order valence-electron chi connectivity index (χ0n) is 17.0. The molecular weight excluding hydrogens is 539 g/mol. The molecule has 2 fully saturated rings. The third kappa shape index (κ3) is 16.2. The minimum atomic E-state index is 0. The van der Waals surface area contributed by atoms with Gasteiger partial charge in [-0.05, 0) is 0 Å². The van der Waals surface area contributed by atoms with E-state index in [9.17, 15) is 0 Å². The van der Waals surface area contributed by atoms with Gasteiger partial charge in [-0.3, -0.25) is 0 Å². The molecule has 0 unspecified atom stereocenters. The van der Waals surface area contributed by atoms with Gasteiger partial charge in [0.25, 0.3) is 0 Å². The Morgan fingerprint density at radius 3 is 1.00 bits per heavy atom. The Balaban J connectivity index is 0. The van der Waals surface area contributed by atoms with E-state index in [-0.39, 0.29) is 75.9 Å². The van der Waals surface area contributed by atoms with Gasteiger partial charge >= 0.3 is 0 Å². The third-order valence-electron chi connectivity index (χ3n) is 4.29. The molecule has 2 rings (SSSR count). The van der Waals surface area contributed by atoms with Gasteiger partial charge in [-0.15, -0.1) is 47.1 Å². The third-order valence-corrected chi connectivity index (χ3v) is 4.29. The zero-order valence-corrected chi connectivity index (χ0v) is 22.6. The molecule has 0 atom stereocenters. The van der Waals surface area contributed by atoms with Crippen molar-refractivity contribution in [3.8, 4) is 0 Å². The van der Waals surface area contributed by atoms with E-state index in [0.29, 0.717) is 12.1 Å². The molecule has 0 aromatic rings. The minimum Gasteiger partial charge on any atom is -0.655 e. The summed E-state index contributed by atoms with van der Waals surface area (Å²) in [5.74, 6) is 0. The second-order valence-corrected chi connectivity index (χ2v) is 9.18. The summed E-state index contributed by atoms with van der Waals surface area (Å²) in [4.78, 5) is 0. The summed E-state index contributed by atoms with van der Waals surface area (Å²) >= 11 is 0. The average Bonchev–Trinajstić information content (AvgIpc) is 2.38. The van der Waals surface area contributed by atoms with Crippen molar-refractivity contribution in [3.63, 3.8) is 0 Å². The SMILES string of the molecule is CC(C)(C)[N-]C1CCCCC1.CC(C)(C)[N-]C1CCCCC1.I.[Nd]. The average molecular weight is 581 g/mol. The van der Waals surface area contributed by atoms with Crippen molar-refractivity contribution >= 4 is 24.0 Å². The fourth-order valence-corrected chi connectivity index (χ4v) is 3.52. The van der Waals surface area contributed by atoms with Crippen LogP contribution in [0.25, 0.3) is 10.6 Å². The normalized spacial score (nSPS) is 20.2. The Morgan fingerprint density at radius 1 is 0.542 bits per heavy atom. The predicted octanol–water partition coefficient (Wildman–Crippen LogP) is 7.60. The number of rotatable bonds is 2. The zero-order chi connectivity index (χ0) is 16.6. The Hall–Kier alpha value is 2.00. The van der Waals surface area contributed by atoms with Crippen LogP contribution in [-0.2, 0) is 0 Å². The summed E-state index contributed by atoms with van der Waals surface area (Å²) in [6.07, 6.45) is 13.7. The molecular formula is C20H41IN2Nd-2. The number of hydrogen-bond donors (Lipinski definition) is 0. The van der Waals surface area contributed by atoms with Crippen LogP contribution in [0.5, 0.6) is 0 Å². The maximum atomic E-state index is 4.77. The first-order valence-electron chi connectivity index (χ1n) is 9.60. The number of hydrogen-bond acceptors (Lipinski definition) is 0. The molecule has 0 spiro atoms. The smallest absolute Gasteiger partial charge is 0 e. The van der Waals surface area contributed by atoms with E-state index in [1.54, 1.807) is 0 Å². The van der Waals surface area contributed by atoms with Gasteiger partial charge in [-0.1, -0.05) is 106 Å². The Morgan fingerprint density at radius 2 is 0.792 bits per heavy atom. The van der Waals surface area contributed by atoms with Crippen molar-refractivity contribution in [2.45, 2.75) is 129 Å². The van der Waals surface area contributed by atoms with Crippen LogP contribution in [0.3, 0.4) is 0 Å². The van der Waals surface area contributed by atoms with E-state index in [1.165, 1.54) is 64.2 Å². The van der Waals surface area contributed by atoms with E-state index in [0.717, 1.165) is 0 Å². The van der Waals surface area contributed by atoms with Gasteiger partial charge in [0.05, 0.1) is 0 Å². The monoisotopic (exact) mass is 578 g/mol. The first-order chi connectivity index (χ1) is 10.2. The Labute approximate surface area is 202 Å². The van der Waals surface area contributed by atoms with Crippen LogP contribution in [0.2, 0.25) is 0 Å². The Bertz CT molecular complexity index is 255. The molecule has 2 aliphatic carbocycles. The number of nitrogens with zero attached hydrogens (tertiary/aromatic N) is 2. The van der Waals surface area contributed by atoms with Gasteiger partial charge in [0.2, 0.25) is 0 Å². The van der Waals surface area contributed by atoms with Crippen molar-refractivity contribution in [1.82, 2.24) is 0 Å². The predicted molar refractivity (Wildman–Crippen MR) is 115 cm³/mol. The van der Waals surface area contributed by atoms with Crippen LogP contribution >= 0.6 is 24.0 Å². The van der Waals surface area contributed by atoms with Crippen LogP contribution in [0.1, 0.15) is 106 Å². The largest absolute Gasteiger partial charge is 0.655 e. The maximum absolute atomic E-state index is 4.77. The van der Waals surface area contributed by atoms with Crippen LogP contribution in [0.4, 0.5) is 0 Å². The van der Waals surface area contributed by atoms with Gasteiger partial charge in [0, 0.05) is 40.8 Å². The molecule has 0 N–H and O–H groups in total. The molecule has 0 amide bonds. The van der Waals surface area contributed by atoms with E-state index < -0.39 is 0 Å². The van der Waals surface area contributed by atoms with Crippen molar-refractivity contribution in [2.24, 2.45) is 0 Å². The summed E-state index contributed by atoms with van der Waals surface area (Å²) < 4.78 is 0.